The molecule has 5 aromatic carbocycles. The van der Waals surface area contributed by atoms with Crippen molar-refractivity contribution in [1.82, 2.24) is 9.89 Å². The molecule has 4 aliphatic rings. The van der Waals surface area contributed by atoms with Crippen LogP contribution >= 0.6 is 7.82 Å². The van der Waals surface area contributed by atoms with Gasteiger partial charge < -0.3 is 48.3 Å². The van der Waals surface area contributed by atoms with Crippen LogP contribution in [0.3, 0.4) is 0 Å². The van der Waals surface area contributed by atoms with Crippen molar-refractivity contribution in [1.29, 1.82) is 0 Å². The van der Waals surface area contributed by atoms with Gasteiger partial charge in [-0.05, 0) is 73.2 Å². The van der Waals surface area contributed by atoms with E-state index in [1.807, 2.05) is 74.1 Å². The lowest BCUT2D eigenvalue weighted by molar-refractivity contribution is -0.211. The standard InChI is InChI=1S/C48H40N3O12P/c1-6-59-39-20-19-38-44(61-42-24-29(63-64(56,57)58)14-18-37(42)48(38)36-10-8-7-9-31(36)47(55)62-48)35(39)25-49-45(52)26-11-15-30(34(21-26)46(53)54)43-32-16-12-27(50(2)3)22-40(32)60-41-23-28(51(4)5)13-17-33(41)43/h7-24H,6,25H2,1-5H3,(H3-,49,52,53,54,56,57,58). The lowest BCUT2D eigenvalue weighted by Gasteiger charge is -2.38. The maximum absolute atomic E-state index is 14.2. The van der Waals surface area contributed by atoms with Gasteiger partial charge in [0.15, 0.2) is 5.60 Å². The molecule has 3 N–H and O–H groups in total. The molecule has 0 bridgehead atoms. The lowest BCUT2D eigenvalue weighted by Crippen LogP contribution is -2.34. The first-order chi connectivity index (χ1) is 30.6. The van der Waals surface area contributed by atoms with E-state index in [1.165, 1.54) is 24.3 Å². The summed E-state index contributed by atoms with van der Waals surface area (Å²) < 4.78 is 43.7. The predicted octanol–water partition coefficient (Wildman–Crippen LogP) is 6.74. The fourth-order valence-electron chi connectivity index (χ4n) is 8.47. The average Bonchev–Trinajstić information content (AvgIpc) is 3.55. The normalized spacial score (nSPS) is 15.6. The van der Waals surface area contributed by atoms with Crippen LogP contribution in [0.1, 0.15) is 60.3 Å². The average molecular weight is 882 g/mol. The van der Waals surface area contributed by atoms with Crippen LogP contribution in [0.15, 0.2) is 114 Å². The predicted molar refractivity (Wildman–Crippen MR) is 234 cm³/mol. The summed E-state index contributed by atoms with van der Waals surface area (Å²) in [6.45, 7) is 1.78. The molecule has 0 saturated heterocycles. The second kappa shape index (κ2) is 15.7. The van der Waals surface area contributed by atoms with E-state index >= 15 is 0 Å². The number of carboxylic acids is 1. The largest absolute Gasteiger partial charge is 0.746 e. The van der Waals surface area contributed by atoms with E-state index in [1.54, 1.807) is 55.5 Å². The van der Waals surface area contributed by atoms with Crippen LogP contribution in [-0.2, 0) is 21.4 Å². The topological polar surface area (TPSA) is 200 Å². The molecule has 5 aromatic rings. The Labute approximate surface area is 365 Å². The molecule has 64 heavy (non-hydrogen) atoms. The van der Waals surface area contributed by atoms with Gasteiger partial charge in [0.1, 0.15) is 48.4 Å². The van der Waals surface area contributed by atoms with Crippen molar-refractivity contribution in [2.75, 3.05) is 39.7 Å². The molecular weight excluding hydrogens is 842 g/mol. The van der Waals surface area contributed by atoms with Crippen LogP contribution in [0.25, 0.3) is 33.4 Å². The molecule has 9 rings (SSSR count). The van der Waals surface area contributed by atoms with E-state index in [2.05, 4.69) is 5.32 Å². The Kier molecular flexibility index (Phi) is 10.3. The number of nitrogens with zero attached hydrogens (tertiary/aromatic N) is 2. The van der Waals surface area contributed by atoms with E-state index in [-0.39, 0.29) is 41.5 Å². The number of aromatic carboxylic acids is 1. The van der Waals surface area contributed by atoms with Crippen LogP contribution < -0.4 is 39.0 Å². The number of fused-ring (bicyclic) bond motifs is 8. The van der Waals surface area contributed by atoms with Crippen molar-refractivity contribution < 1.29 is 57.0 Å². The molecule has 0 aromatic heterocycles. The fourth-order valence-corrected chi connectivity index (χ4v) is 8.85. The van der Waals surface area contributed by atoms with Gasteiger partial charge in [0, 0.05) is 76.7 Å². The highest BCUT2D eigenvalue weighted by molar-refractivity contribution is 7.45. The number of phosphoric acid groups is 1. The molecule has 1 amide bonds. The fraction of sp³-hybridized carbons (Fsp3) is 0.167. The Morgan fingerprint density at radius 2 is 1.66 bits per heavy atom. The summed E-state index contributed by atoms with van der Waals surface area (Å²) in [6.07, 6.45) is 0. The Morgan fingerprint density at radius 1 is 0.891 bits per heavy atom. The lowest BCUT2D eigenvalue weighted by atomic mass is 9.77. The van der Waals surface area contributed by atoms with Gasteiger partial charge >= 0.3 is 19.8 Å². The van der Waals surface area contributed by atoms with Crippen molar-refractivity contribution in [3.05, 3.63) is 153 Å². The number of esters is 1. The first-order valence-electron chi connectivity index (χ1n) is 20.1. The number of carbonyl (C=O) groups excluding carboxylic acids is 2. The minimum atomic E-state index is -5.23. The van der Waals surface area contributed by atoms with Gasteiger partial charge in [-0.1, -0.05) is 24.3 Å². The summed E-state index contributed by atoms with van der Waals surface area (Å²) in [4.78, 5) is 64.0. The Bertz CT molecular complexity index is 3200. The molecule has 16 heteroatoms. The zero-order chi connectivity index (χ0) is 45.2. The number of ether oxygens (including phenoxy) is 3. The van der Waals surface area contributed by atoms with E-state index in [0.29, 0.717) is 67.0 Å². The number of nitrogens with one attached hydrogen (secondary N) is 1. The van der Waals surface area contributed by atoms with E-state index < -0.39 is 31.3 Å². The van der Waals surface area contributed by atoms with Crippen molar-refractivity contribution in [2.45, 2.75) is 19.1 Å². The van der Waals surface area contributed by atoms with Gasteiger partial charge in [0.2, 0.25) is 5.36 Å². The minimum Gasteiger partial charge on any atom is -0.746 e. The quantitative estimate of drug-likeness (QED) is 0.0566. The third kappa shape index (κ3) is 7.09. The third-order valence-electron chi connectivity index (χ3n) is 11.4. The SMILES string of the molecule is CCOc1ccc2c(c1CNC(=O)c1ccc(-c3c4ccc(=[N+](C)C)cc-4oc4cc(N(C)C)ccc34)c(C(=O)O)c1)Oc1cc(OP(=O)([O-])O)ccc1C21OC(=O)c2ccccc21. The Hall–Kier alpha value is -7.45. The number of anilines is 1. The maximum Gasteiger partial charge on any atom is 0.340 e. The second-order valence-corrected chi connectivity index (χ2v) is 16.8. The maximum atomic E-state index is 14.2. The van der Waals surface area contributed by atoms with Crippen molar-refractivity contribution >= 4 is 42.3 Å². The van der Waals surface area contributed by atoms with Crippen molar-refractivity contribution in [3.63, 3.8) is 0 Å². The van der Waals surface area contributed by atoms with Crippen LogP contribution in [0.4, 0.5) is 5.69 Å². The number of benzene rings is 6. The summed E-state index contributed by atoms with van der Waals surface area (Å²) in [5.41, 5.74) is 3.30. The molecule has 0 fully saturated rings. The number of carbonyl (C=O) groups is 3. The highest BCUT2D eigenvalue weighted by Gasteiger charge is 2.54. The van der Waals surface area contributed by atoms with E-state index in [9.17, 15) is 33.8 Å². The third-order valence-corrected chi connectivity index (χ3v) is 11.8. The number of carboxylic acid groups (broad SMARTS) is 1. The summed E-state index contributed by atoms with van der Waals surface area (Å²) >= 11 is 0. The first kappa shape index (κ1) is 41.9. The summed E-state index contributed by atoms with van der Waals surface area (Å²) in [6, 6.07) is 30.1. The zero-order valence-electron chi connectivity index (χ0n) is 35.1. The summed E-state index contributed by atoms with van der Waals surface area (Å²) in [5.74, 6) is -1.72. The Morgan fingerprint density at radius 3 is 2.39 bits per heavy atom. The molecule has 324 valence electrons. The molecule has 2 unspecified atom stereocenters. The van der Waals surface area contributed by atoms with Gasteiger partial charge in [0.05, 0.1) is 35.9 Å². The smallest absolute Gasteiger partial charge is 0.340 e. The molecule has 0 radical (unpaired) electrons. The van der Waals surface area contributed by atoms with Crippen LogP contribution in [0.2, 0.25) is 0 Å². The minimum absolute atomic E-state index is 0.0375. The molecule has 0 saturated carbocycles. The number of amides is 1. The number of hydrogen-bond donors (Lipinski definition) is 3. The molecule has 2 atom stereocenters. The van der Waals surface area contributed by atoms with E-state index in [4.69, 9.17) is 23.2 Å². The number of rotatable bonds is 10. The molecule has 1 spiro atoms. The van der Waals surface area contributed by atoms with Crippen molar-refractivity contribution in [3.8, 4) is 45.4 Å². The number of phosphoric ester groups is 1. The van der Waals surface area contributed by atoms with Crippen LogP contribution in [0, 0.1) is 0 Å². The van der Waals surface area contributed by atoms with Gasteiger partial charge in [0.25, 0.3) is 5.91 Å². The van der Waals surface area contributed by atoms with Gasteiger partial charge in [-0.15, -0.1) is 0 Å². The van der Waals surface area contributed by atoms with Crippen LogP contribution in [0.5, 0.6) is 23.0 Å². The monoisotopic (exact) mass is 881 g/mol. The molecule has 1 aliphatic carbocycles. The molecule has 3 heterocycles. The molecular formula is C48H40N3O12P. The number of hydrogen-bond acceptors (Lipinski definition) is 11. The summed E-state index contributed by atoms with van der Waals surface area (Å²) in [5, 5.41) is 15.2. The highest BCUT2D eigenvalue weighted by Crippen LogP contribution is 2.58. The first-order valence-corrected chi connectivity index (χ1v) is 21.6. The molecule has 15 nitrogen and oxygen atoms in total. The summed E-state index contributed by atoms with van der Waals surface area (Å²) in [7, 11) is 2.43. The second-order valence-electron chi connectivity index (χ2n) is 15.7. The van der Waals surface area contributed by atoms with Crippen molar-refractivity contribution in [2.24, 2.45) is 0 Å². The van der Waals surface area contributed by atoms with Crippen LogP contribution in [-0.4, -0.2) is 62.6 Å². The van der Waals surface area contributed by atoms with E-state index in [0.717, 1.165) is 11.0 Å². The highest BCUT2D eigenvalue weighted by atomic mass is 31.2. The Balaban J connectivity index is 1.13. The zero-order valence-corrected chi connectivity index (χ0v) is 36.0. The molecule has 3 aliphatic heterocycles. The van der Waals surface area contributed by atoms with Gasteiger partial charge in [-0.25, -0.2) is 14.2 Å². The van der Waals surface area contributed by atoms with Gasteiger partial charge in [-0.3, -0.25) is 9.36 Å². The van der Waals surface area contributed by atoms with Gasteiger partial charge in [-0.2, -0.15) is 0 Å².